The molecule has 5 N–H and O–H groups in total. The quantitative estimate of drug-likeness (QED) is 0.113. The monoisotopic (exact) mass is 575 g/mol. The molecule has 2 saturated heterocycles. The topological polar surface area (TPSA) is 191 Å². The van der Waals surface area contributed by atoms with Crippen LogP contribution in [0.2, 0.25) is 0 Å². The maximum absolute atomic E-state index is 11.5. The van der Waals surface area contributed by atoms with Crippen molar-refractivity contribution < 1.29 is 48.2 Å². The van der Waals surface area contributed by atoms with Crippen LogP contribution < -0.4 is 11.1 Å². The first-order chi connectivity index (χ1) is 19.4. The second-order valence-corrected chi connectivity index (χ2v) is 9.81. The average Bonchev–Trinajstić information content (AvgIpc) is 3.59. The molecular weight excluding hydrogens is 530 g/mol. The van der Waals surface area contributed by atoms with E-state index < -0.39 is 24.1 Å². The number of fused-ring (bicyclic) bond motifs is 2. The Labute approximate surface area is 234 Å². The molecule has 3 heterocycles. The summed E-state index contributed by atoms with van der Waals surface area (Å²) in [5.41, 5.74) is 5.05. The van der Waals surface area contributed by atoms with E-state index in [0.717, 1.165) is 0 Å². The Balaban J connectivity index is 1.08. The van der Waals surface area contributed by atoms with Gasteiger partial charge in [-0.1, -0.05) is 12.1 Å². The van der Waals surface area contributed by atoms with Crippen LogP contribution in [-0.2, 0) is 51.1 Å². The molecule has 5 atom stereocenters. The molecular formula is C25H45N5O10. The van der Waals surface area contributed by atoms with E-state index in [4.69, 9.17) is 38.9 Å². The molecule has 40 heavy (non-hydrogen) atoms. The summed E-state index contributed by atoms with van der Waals surface area (Å²) in [6.45, 7) is 7.19. The van der Waals surface area contributed by atoms with Crippen molar-refractivity contribution in [1.29, 1.82) is 0 Å². The molecule has 0 radical (unpaired) electrons. The van der Waals surface area contributed by atoms with E-state index in [1.54, 1.807) is 17.8 Å². The van der Waals surface area contributed by atoms with Crippen molar-refractivity contribution in [3.63, 3.8) is 0 Å². The van der Waals surface area contributed by atoms with Crippen LogP contribution in [-0.4, -0.2) is 134 Å². The van der Waals surface area contributed by atoms with Crippen molar-refractivity contribution in [3.05, 3.63) is 11.9 Å². The molecule has 15 nitrogen and oxygen atoms in total. The van der Waals surface area contributed by atoms with Crippen LogP contribution in [0.5, 0.6) is 0 Å². The molecule has 0 aromatic carbocycles. The minimum absolute atomic E-state index is 0.0242. The van der Waals surface area contributed by atoms with Gasteiger partial charge in [0, 0.05) is 18.9 Å². The normalized spacial score (nSPS) is 25.9. The molecule has 1 aromatic heterocycles. The maximum atomic E-state index is 11.5. The Morgan fingerprint density at radius 3 is 2.52 bits per heavy atom. The Hall–Kier alpha value is -1.79. The number of ether oxygens (including phenoxy) is 7. The van der Waals surface area contributed by atoms with Gasteiger partial charge in [0.2, 0.25) is 5.91 Å². The fourth-order valence-corrected chi connectivity index (χ4v) is 4.22. The summed E-state index contributed by atoms with van der Waals surface area (Å²) in [5, 5.41) is 31.4. The number of aliphatic hydroxyl groups is 2. The highest BCUT2D eigenvalue weighted by molar-refractivity contribution is 5.75. The summed E-state index contributed by atoms with van der Waals surface area (Å²) in [6, 6.07) is 0. The van der Waals surface area contributed by atoms with Gasteiger partial charge in [-0.05, 0) is 13.0 Å². The minimum Gasteiger partial charge on any atom is -0.390 e. The third kappa shape index (κ3) is 10.6. The van der Waals surface area contributed by atoms with Crippen LogP contribution in [0.25, 0.3) is 0 Å². The van der Waals surface area contributed by atoms with Crippen molar-refractivity contribution in [2.24, 2.45) is 11.7 Å². The number of nitrogens with one attached hydrogen (secondary N) is 1. The van der Waals surface area contributed by atoms with Crippen molar-refractivity contribution >= 4 is 5.91 Å². The summed E-state index contributed by atoms with van der Waals surface area (Å²) in [6.07, 6.45) is 0.412. The summed E-state index contributed by atoms with van der Waals surface area (Å²) < 4.78 is 40.7. The van der Waals surface area contributed by atoms with E-state index in [0.29, 0.717) is 97.6 Å². The minimum atomic E-state index is -1.06. The van der Waals surface area contributed by atoms with Gasteiger partial charge in [-0.25, -0.2) is 4.68 Å². The van der Waals surface area contributed by atoms with E-state index >= 15 is 0 Å². The number of hydrogen-bond acceptors (Lipinski definition) is 13. The predicted molar refractivity (Wildman–Crippen MR) is 139 cm³/mol. The van der Waals surface area contributed by atoms with Gasteiger partial charge in [0.15, 0.2) is 6.29 Å². The number of carbonyl (C=O) groups excluding carboxylic acids is 1. The van der Waals surface area contributed by atoms with Gasteiger partial charge in [0.1, 0.15) is 17.4 Å². The summed E-state index contributed by atoms with van der Waals surface area (Å²) in [4.78, 5) is 11.5. The lowest BCUT2D eigenvalue weighted by atomic mass is 9.86. The number of nitrogens with zero attached hydrogens (tertiary/aromatic N) is 3. The SMILES string of the molecule is C[C@H]1[C@H]2OC[C@](COCCOCCOCCOCCn3cc(COCCNC(=O)CCCN)nn3)(O2)[C@H](O)[C@@H]1O. The van der Waals surface area contributed by atoms with Crippen molar-refractivity contribution in [1.82, 2.24) is 20.3 Å². The van der Waals surface area contributed by atoms with E-state index in [1.807, 2.05) is 0 Å². The van der Waals surface area contributed by atoms with Gasteiger partial charge in [-0.2, -0.15) is 0 Å². The zero-order valence-corrected chi connectivity index (χ0v) is 23.3. The van der Waals surface area contributed by atoms with E-state index in [2.05, 4.69) is 15.6 Å². The van der Waals surface area contributed by atoms with E-state index in [9.17, 15) is 15.0 Å². The van der Waals surface area contributed by atoms with Crippen LogP contribution in [0, 0.1) is 5.92 Å². The lowest BCUT2D eigenvalue weighted by Gasteiger charge is -2.41. The molecule has 15 heteroatoms. The largest absolute Gasteiger partial charge is 0.390 e. The van der Waals surface area contributed by atoms with Gasteiger partial charge in [-0.3, -0.25) is 4.79 Å². The van der Waals surface area contributed by atoms with E-state index in [1.165, 1.54) is 0 Å². The van der Waals surface area contributed by atoms with Crippen molar-refractivity contribution in [3.8, 4) is 0 Å². The standard InChI is InChI=1S/C25H45N5O10/c1-19-22(32)23(33)25(18-39-24(19)40-25)17-38-14-13-36-12-11-35-10-9-34-8-6-30-15-20(28-29-30)16-37-7-5-27-21(31)3-2-4-26/h15,19,22-24,32-33H,2-14,16-18,26H2,1H3,(H,27,31)/t19-,22-,23-,24+,25+/m1/s1. The molecule has 0 saturated carbocycles. The summed E-state index contributed by atoms with van der Waals surface area (Å²) in [7, 11) is 0. The highest BCUT2D eigenvalue weighted by Crippen LogP contribution is 2.39. The lowest BCUT2D eigenvalue weighted by Crippen LogP contribution is -2.60. The van der Waals surface area contributed by atoms with Crippen molar-refractivity contribution in [2.75, 3.05) is 79.2 Å². The Morgan fingerprint density at radius 1 is 1.10 bits per heavy atom. The van der Waals surface area contributed by atoms with E-state index in [-0.39, 0.29) is 25.0 Å². The molecule has 0 spiro atoms. The van der Waals surface area contributed by atoms with Crippen LogP contribution in [0.15, 0.2) is 6.20 Å². The number of aliphatic hydroxyl groups excluding tert-OH is 2. The van der Waals surface area contributed by atoms with Gasteiger partial charge in [0.25, 0.3) is 0 Å². The molecule has 0 unspecified atom stereocenters. The molecule has 0 aliphatic carbocycles. The molecule has 230 valence electrons. The average molecular weight is 576 g/mol. The van der Waals surface area contributed by atoms with Crippen LogP contribution >= 0.6 is 0 Å². The number of aromatic nitrogens is 3. The molecule has 1 aromatic rings. The number of nitrogens with two attached hydrogens (primary N) is 1. The Kier molecular flexibility index (Phi) is 14.6. The highest BCUT2D eigenvalue weighted by atomic mass is 16.7. The van der Waals surface area contributed by atoms with Crippen LogP contribution in [0.1, 0.15) is 25.5 Å². The smallest absolute Gasteiger partial charge is 0.220 e. The molecule has 1 amide bonds. The number of rotatable bonds is 22. The fraction of sp³-hybridized carbons (Fsp3) is 0.880. The molecule has 2 aliphatic rings. The van der Waals surface area contributed by atoms with Gasteiger partial charge in [0.05, 0.1) is 91.5 Å². The highest BCUT2D eigenvalue weighted by Gasteiger charge is 2.57. The number of carbonyl (C=O) groups is 1. The van der Waals surface area contributed by atoms with Gasteiger partial charge >= 0.3 is 0 Å². The Bertz CT molecular complexity index is 849. The predicted octanol–water partition coefficient (Wildman–Crippen LogP) is -1.80. The zero-order chi connectivity index (χ0) is 28.6. The maximum Gasteiger partial charge on any atom is 0.220 e. The number of amides is 1. The zero-order valence-electron chi connectivity index (χ0n) is 23.3. The van der Waals surface area contributed by atoms with Crippen LogP contribution in [0.3, 0.4) is 0 Å². The second kappa shape index (κ2) is 17.9. The third-order valence-electron chi connectivity index (χ3n) is 6.61. The van der Waals surface area contributed by atoms with Gasteiger partial charge < -0.3 is 54.4 Å². The van der Waals surface area contributed by atoms with Crippen LogP contribution in [0.4, 0.5) is 0 Å². The van der Waals surface area contributed by atoms with Crippen molar-refractivity contribution in [2.45, 2.75) is 57.0 Å². The second-order valence-electron chi connectivity index (χ2n) is 9.81. The first-order valence-electron chi connectivity index (χ1n) is 13.9. The lowest BCUT2D eigenvalue weighted by molar-refractivity contribution is -0.248. The first-order valence-corrected chi connectivity index (χ1v) is 13.9. The number of hydrogen-bond donors (Lipinski definition) is 4. The Morgan fingerprint density at radius 2 is 1.80 bits per heavy atom. The molecule has 2 aliphatic heterocycles. The summed E-state index contributed by atoms with van der Waals surface area (Å²) in [5.74, 6) is -0.317. The molecule has 2 bridgehead atoms. The molecule has 2 fully saturated rings. The molecule has 3 rings (SSSR count). The van der Waals surface area contributed by atoms with Gasteiger partial charge in [-0.15, -0.1) is 5.10 Å². The third-order valence-corrected chi connectivity index (χ3v) is 6.61. The first kappa shape index (κ1) is 32.7. The summed E-state index contributed by atoms with van der Waals surface area (Å²) >= 11 is 0. The fourth-order valence-electron chi connectivity index (χ4n) is 4.22.